The van der Waals surface area contributed by atoms with E-state index in [0.717, 1.165) is 21.9 Å². The molecule has 0 saturated heterocycles. The van der Waals surface area contributed by atoms with Gasteiger partial charge in [0.15, 0.2) is 0 Å². The van der Waals surface area contributed by atoms with E-state index in [1.165, 1.54) is 18.2 Å². The van der Waals surface area contributed by atoms with Gasteiger partial charge in [0.2, 0.25) is 5.91 Å². The smallest absolute Gasteiger partial charge is 0.478 e. The number of rotatable bonds is 6. The van der Waals surface area contributed by atoms with Gasteiger partial charge < -0.3 is 14.7 Å². The molecule has 0 saturated carbocycles. The number of hydrogen-bond donors (Lipinski definition) is 1. The van der Waals surface area contributed by atoms with E-state index in [-0.39, 0.29) is 16.3 Å². The fourth-order valence-electron chi connectivity index (χ4n) is 3.86. The third kappa shape index (κ3) is 9.79. The van der Waals surface area contributed by atoms with Crippen molar-refractivity contribution in [3.05, 3.63) is 95.3 Å². The number of alkyl halides is 3. The Bertz CT molecular complexity index is 1520. The fourth-order valence-corrected chi connectivity index (χ4v) is 4.08. The van der Waals surface area contributed by atoms with Crippen LogP contribution in [0, 0.1) is 5.41 Å². The molecular weight excluding hydrogens is 557 g/mol. The van der Waals surface area contributed by atoms with Gasteiger partial charge in [-0.05, 0) is 57.8 Å². The highest BCUT2D eigenvalue weighted by Gasteiger charge is 2.32. The largest absolute Gasteiger partial charge is 0.573 e. The van der Waals surface area contributed by atoms with E-state index in [1.807, 2.05) is 45.0 Å². The molecule has 6 nitrogen and oxygen atoms in total. The molecular formula is C31H30ClF3N2O4. The molecule has 1 N–H and O–H groups in total. The number of carbonyl (C=O) groups excluding carboxylic acids is 1. The number of fused-ring (bicyclic) bond motifs is 1. The van der Waals surface area contributed by atoms with Crippen LogP contribution < -0.4 is 4.74 Å². The summed E-state index contributed by atoms with van der Waals surface area (Å²) in [5, 5.41) is 10.5. The molecule has 1 heterocycles. The minimum absolute atomic E-state index is 0.0728. The second-order valence-corrected chi connectivity index (χ2v) is 11.0. The van der Waals surface area contributed by atoms with Crippen LogP contribution >= 0.6 is 11.6 Å². The zero-order chi connectivity index (χ0) is 30.4. The van der Waals surface area contributed by atoms with Crippen LogP contribution in [0.5, 0.6) is 5.75 Å². The van der Waals surface area contributed by atoms with Crippen molar-refractivity contribution in [2.45, 2.75) is 40.1 Å². The zero-order valence-corrected chi connectivity index (χ0v) is 23.8. The van der Waals surface area contributed by atoms with Gasteiger partial charge in [0.05, 0.1) is 10.6 Å². The van der Waals surface area contributed by atoms with Gasteiger partial charge in [-0.3, -0.25) is 9.78 Å². The minimum Gasteiger partial charge on any atom is -0.478 e. The van der Waals surface area contributed by atoms with Crippen molar-refractivity contribution < 1.29 is 32.6 Å². The normalized spacial score (nSPS) is 11.4. The molecule has 1 aromatic heterocycles. The van der Waals surface area contributed by atoms with Gasteiger partial charge in [-0.15, -0.1) is 13.2 Å². The maximum absolute atomic E-state index is 12.3. The Hall–Kier alpha value is -4.11. The van der Waals surface area contributed by atoms with Crippen LogP contribution in [0.3, 0.4) is 0 Å². The molecule has 0 aliphatic carbocycles. The summed E-state index contributed by atoms with van der Waals surface area (Å²) in [6, 6.07) is 18.3. The van der Waals surface area contributed by atoms with E-state index < -0.39 is 18.1 Å². The predicted octanol–water partition coefficient (Wildman–Crippen LogP) is 8.23. The maximum Gasteiger partial charge on any atom is 0.573 e. The first kappa shape index (κ1) is 31.4. The van der Waals surface area contributed by atoms with Crippen molar-refractivity contribution >= 4 is 34.2 Å². The Labute approximate surface area is 241 Å². The van der Waals surface area contributed by atoms with E-state index in [1.54, 1.807) is 48.6 Å². The molecule has 4 aromatic rings. The monoisotopic (exact) mass is 586 g/mol. The molecule has 0 radical (unpaired) electrons. The average Bonchev–Trinajstić information content (AvgIpc) is 2.88. The zero-order valence-electron chi connectivity index (χ0n) is 23.0. The van der Waals surface area contributed by atoms with Crippen molar-refractivity contribution in [1.29, 1.82) is 0 Å². The number of aromatic carboxylic acids is 1. The van der Waals surface area contributed by atoms with Crippen molar-refractivity contribution in [3.63, 3.8) is 0 Å². The van der Waals surface area contributed by atoms with E-state index in [2.05, 4.69) is 9.72 Å². The molecule has 41 heavy (non-hydrogen) atoms. The number of aromatic nitrogens is 1. The number of carboxylic acid groups (broad SMARTS) is 1. The number of carboxylic acids is 1. The number of benzene rings is 3. The van der Waals surface area contributed by atoms with Crippen molar-refractivity contribution in [1.82, 2.24) is 9.88 Å². The van der Waals surface area contributed by atoms with Gasteiger partial charge in [0.25, 0.3) is 0 Å². The first-order valence-electron chi connectivity index (χ1n) is 12.6. The van der Waals surface area contributed by atoms with Crippen LogP contribution in [0.15, 0.2) is 79.1 Å². The third-order valence-corrected chi connectivity index (χ3v) is 6.15. The lowest BCUT2D eigenvalue weighted by atomic mass is 9.91. The van der Waals surface area contributed by atoms with Gasteiger partial charge in [0, 0.05) is 37.8 Å². The lowest BCUT2D eigenvalue weighted by Gasteiger charge is -2.23. The molecule has 4 rings (SSSR count). The molecule has 0 atom stereocenters. The number of pyridine rings is 1. The Morgan fingerprint density at radius 3 is 2.17 bits per heavy atom. The lowest BCUT2D eigenvalue weighted by Crippen LogP contribution is -2.29. The summed E-state index contributed by atoms with van der Waals surface area (Å²) in [5.74, 6) is -1.27. The number of carbonyl (C=O) groups is 2. The Kier molecular flexibility index (Phi) is 9.99. The Balaban J connectivity index is 0.000000294. The standard InChI is InChI=1S/C21H23ClF3NO2.C10H7NO2/c1-20(2,3)12-19(27)26(4)13-14-5-7-15(8-6-14)16-9-10-18(17(22)11-16)28-21(23,24)25;12-10(13)8-1-2-9-6-11-4-3-7(9)5-8/h5-11H,12-13H2,1-4H3;1-6H,(H,12,13). The van der Waals surface area contributed by atoms with Gasteiger partial charge >= 0.3 is 12.3 Å². The highest BCUT2D eigenvalue weighted by Crippen LogP contribution is 2.34. The highest BCUT2D eigenvalue weighted by atomic mass is 35.5. The van der Waals surface area contributed by atoms with Gasteiger partial charge in [-0.2, -0.15) is 0 Å². The van der Waals surface area contributed by atoms with Gasteiger partial charge in [0.1, 0.15) is 5.75 Å². The average molecular weight is 587 g/mol. The summed E-state index contributed by atoms with van der Waals surface area (Å²) < 4.78 is 40.9. The van der Waals surface area contributed by atoms with E-state index in [4.69, 9.17) is 16.7 Å². The van der Waals surface area contributed by atoms with Crippen molar-refractivity contribution in [2.75, 3.05) is 7.05 Å². The summed E-state index contributed by atoms with van der Waals surface area (Å²) in [4.78, 5) is 28.5. The molecule has 3 aromatic carbocycles. The first-order valence-corrected chi connectivity index (χ1v) is 12.9. The number of nitrogens with zero attached hydrogens (tertiary/aromatic N) is 2. The maximum atomic E-state index is 12.3. The molecule has 0 bridgehead atoms. The summed E-state index contributed by atoms with van der Waals surface area (Å²) in [5.41, 5.74) is 2.66. The van der Waals surface area contributed by atoms with Crippen molar-refractivity contribution in [2.24, 2.45) is 5.41 Å². The first-order chi connectivity index (χ1) is 19.1. The van der Waals surface area contributed by atoms with Crippen molar-refractivity contribution in [3.8, 4) is 16.9 Å². The van der Waals surface area contributed by atoms with Crippen LogP contribution in [0.4, 0.5) is 13.2 Å². The molecule has 0 spiro atoms. The highest BCUT2D eigenvalue weighted by molar-refractivity contribution is 6.32. The summed E-state index contributed by atoms with van der Waals surface area (Å²) in [6.07, 6.45) is -0.968. The predicted molar refractivity (Wildman–Crippen MR) is 153 cm³/mol. The second-order valence-electron chi connectivity index (χ2n) is 10.6. The Morgan fingerprint density at radius 2 is 1.59 bits per heavy atom. The van der Waals surface area contributed by atoms with Crippen LogP contribution in [0.1, 0.15) is 43.1 Å². The molecule has 10 heteroatoms. The van der Waals surface area contributed by atoms with E-state index in [9.17, 15) is 22.8 Å². The quantitative estimate of drug-likeness (QED) is 0.246. The van der Waals surface area contributed by atoms with Crippen LogP contribution in [0.25, 0.3) is 21.9 Å². The fraction of sp³-hybridized carbons (Fsp3) is 0.258. The van der Waals surface area contributed by atoms with Gasteiger partial charge in [-0.1, -0.05) is 68.8 Å². The number of ether oxygens (including phenoxy) is 1. The number of hydrogen-bond acceptors (Lipinski definition) is 4. The third-order valence-electron chi connectivity index (χ3n) is 5.86. The van der Waals surface area contributed by atoms with Crippen LogP contribution in [-0.2, 0) is 11.3 Å². The molecule has 0 aliphatic heterocycles. The Morgan fingerprint density at radius 1 is 0.927 bits per heavy atom. The summed E-state index contributed by atoms with van der Waals surface area (Å²) in [6.45, 7) is 6.53. The number of amides is 1. The van der Waals surface area contributed by atoms with Gasteiger partial charge in [-0.25, -0.2) is 4.79 Å². The van der Waals surface area contributed by atoms with E-state index in [0.29, 0.717) is 24.1 Å². The molecule has 216 valence electrons. The lowest BCUT2D eigenvalue weighted by molar-refractivity contribution is -0.274. The number of halogens is 4. The SMILES string of the molecule is CN(Cc1ccc(-c2ccc(OC(F)(F)F)c(Cl)c2)cc1)C(=O)CC(C)(C)C.O=C(O)c1ccc2cnccc2c1. The summed E-state index contributed by atoms with van der Waals surface area (Å²) in [7, 11) is 1.77. The van der Waals surface area contributed by atoms with Crippen LogP contribution in [-0.4, -0.2) is 40.3 Å². The molecule has 0 unspecified atom stereocenters. The summed E-state index contributed by atoms with van der Waals surface area (Å²) >= 11 is 5.90. The minimum atomic E-state index is -4.79. The van der Waals surface area contributed by atoms with Crippen LogP contribution in [0.2, 0.25) is 5.02 Å². The second kappa shape index (κ2) is 13.0. The molecule has 0 fully saturated rings. The van der Waals surface area contributed by atoms with E-state index >= 15 is 0 Å². The topological polar surface area (TPSA) is 79.7 Å². The molecule has 1 amide bonds. The molecule has 0 aliphatic rings.